The molecule has 2 rings (SSSR count). The predicted octanol–water partition coefficient (Wildman–Crippen LogP) is 1.72. The van der Waals surface area contributed by atoms with Crippen molar-refractivity contribution in [1.29, 1.82) is 0 Å². The van der Waals surface area contributed by atoms with Crippen LogP contribution in [0.5, 0.6) is 0 Å². The summed E-state index contributed by atoms with van der Waals surface area (Å²) in [6.07, 6.45) is -0.685. The third-order valence-electron chi connectivity index (χ3n) is 4.45. The molecule has 1 aliphatic heterocycles. The quantitative estimate of drug-likeness (QED) is 0.412. The minimum absolute atomic E-state index is 0.142. The van der Waals surface area contributed by atoms with Crippen LogP contribution < -0.4 is 0 Å². The number of hydrogen-bond donors (Lipinski definition) is 0. The summed E-state index contributed by atoms with van der Waals surface area (Å²) in [6.45, 7) is 6.95. The Balaban J connectivity index is 2.37. The third-order valence-corrected chi connectivity index (χ3v) is 6.30. The van der Waals surface area contributed by atoms with Crippen LogP contribution in [0.2, 0.25) is 0 Å². The van der Waals surface area contributed by atoms with Crippen molar-refractivity contribution in [2.24, 2.45) is 11.2 Å². The summed E-state index contributed by atoms with van der Waals surface area (Å²) < 4.78 is 27.7. The topological polar surface area (TPSA) is 105 Å². The highest BCUT2D eigenvalue weighted by atomic mass is 32.2. The molecule has 9 nitrogen and oxygen atoms in total. The van der Waals surface area contributed by atoms with Gasteiger partial charge in [-0.1, -0.05) is 31.5 Å². The van der Waals surface area contributed by atoms with Gasteiger partial charge in [0.15, 0.2) is 5.28 Å². The van der Waals surface area contributed by atoms with Crippen LogP contribution in [0.1, 0.15) is 26.3 Å². The van der Waals surface area contributed by atoms with Gasteiger partial charge in [0.2, 0.25) is 10.0 Å². The summed E-state index contributed by atoms with van der Waals surface area (Å²) in [7, 11) is -2.58. The van der Waals surface area contributed by atoms with Crippen LogP contribution in [0.25, 0.3) is 0 Å². The van der Waals surface area contributed by atoms with E-state index < -0.39 is 28.6 Å². The molecule has 150 valence electrons. The van der Waals surface area contributed by atoms with E-state index in [0.717, 1.165) is 5.56 Å². The van der Waals surface area contributed by atoms with Crippen molar-refractivity contribution in [3.63, 3.8) is 0 Å². The number of sulfonamides is 1. The van der Waals surface area contributed by atoms with Gasteiger partial charge in [-0.2, -0.15) is 4.31 Å². The van der Waals surface area contributed by atoms with Gasteiger partial charge < -0.3 is 14.9 Å². The summed E-state index contributed by atoms with van der Waals surface area (Å²) in [5.74, 6) is -0.669. The lowest BCUT2D eigenvalue weighted by atomic mass is 10.1. The van der Waals surface area contributed by atoms with Gasteiger partial charge in [-0.15, -0.1) is 0 Å². The number of nitrogens with zero attached hydrogens (tertiary/aromatic N) is 4. The summed E-state index contributed by atoms with van der Waals surface area (Å²) >= 11 is 0. The minimum Gasteiger partial charge on any atom is -0.597 e. The van der Waals surface area contributed by atoms with Gasteiger partial charge in [0.05, 0.1) is 4.90 Å². The van der Waals surface area contributed by atoms with Crippen molar-refractivity contribution in [3.8, 4) is 0 Å². The lowest BCUT2D eigenvalue weighted by Gasteiger charge is -2.33. The fourth-order valence-corrected chi connectivity index (χ4v) is 5.10. The first-order chi connectivity index (χ1) is 12.6. The van der Waals surface area contributed by atoms with E-state index in [-0.39, 0.29) is 28.3 Å². The van der Waals surface area contributed by atoms with Crippen molar-refractivity contribution in [1.82, 2.24) is 9.21 Å². The Hall–Kier alpha value is -2.20. The second-order valence-electron chi connectivity index (χ2n) is 6.97. The maximum absolute atomic E-state index is 13.2. The van der Waals surface area contributed by atoms with E-state index in [9.17, 15) is 18.4 Å². The van der Waals surface area contributed by atoms with Crippen LogP contribution in [-0.2, 0) is 19.7 Å². The van der Waals surface area contributed by atoms with Gasteiger partial charge in [-0.25, -0.2) is 8.42 Å². The summed E-state index contributed by atoms with van der Waals surface area (Å²) in [4.78, 5) is 18.8. The Morgan fingerprint density at radius 1 is 1.37 bits per heavy atom. The van der Waals surface area contributed by atoms with Crippen LogP contribution >= 0.6 is 0 Å². The van der Waals surface area contributed by atoms with Crippen LogP contribution in [0.4, 0.5) is 0 Å². The lowest BCUT2D eigenvalue weighted by Crippen LogP contribution is -2.50. The van der Waals surface area contributed by atoms with E-state index in [2.05, 4.69) is 10.1 Å². The summed E-state index contributed by atoms with van der Waals surface area (Å²) in [5.41, 5.74) is 0.957. The van der Waals surface area contributed by atoms with Crippen LogP contribution in [0.15, 0.2) is 34.4 Å². The Labute approximate surface area is 159 Å². The van der Waals surface area contributed by atoms with Crippen LogP contribution in [-0.4, -0.2) is 60.8 Å². The molecule has 1 amide bonds. The van der Waals surface area contributed by atoms with E-state index in [0.29, 0.717) is 0 Å². The first-order valence-electron chi connectivity index (χ1n) is 8.68. The Morgan fingerprint density at radius 2 is 1.96 bits per heavy atom. The second kappa shape index (κ2) is 8.22. The maximum atomic E-state index is 13.2. The van der Waals surface area contributed by atoms with Crippen molar-refractivity contribution >= 4 is 15.9 Å². The molecule has 27 heavy (non-hydrogen) atoms. The van der Waals surface area contributed by atoms with E-state index in [4.69, 9.17) is 0 Å². The molecule has 0 aliphatic carbocycles. The normalized spacial score (nSPS) is 21.7. The van der Waals surface area contributed by atoms with Crippen molar-refractivity contribution in [3.05, 3.63) is 35.0 Å². The van der Waals surface area contributed by atoms with E-state index in [1.807, 2.05) is 20.8 Å². The number of benzene rings is 1. The standard InChI is InChI=1S/C17H26N4O5S/c1-12(2)17-19(27(24,25)15-8-6-13(3)7-9-15)10-14(4)21(17)16(22)11-20(23)18-26-5/h6-9,12,14,17H,10-11H2,1-5H3/b20-18-. The van der Waals surface area contributed by atoms with E-state index >= 15 is 0 Å². The second-order valence-corrected chi connectivity index (χ2v) is 8.86. The highest BCUT2D eigenvalue weighted by molar-refractivity contribution is 7.89. The molecule has 0 saturated carbocycles. The first kappa shape index (κ1) is 21.1. The number of hydrogen-bond acceptors (Lipinski definition) is 6. The number of hydroxylamine groups is 1. The Morgan fingerprint density at radius 3 is 2.48 bits per heavy atom. The molecule has 0 radical (unpaired) electrons. The molecule has 1 heterocycles. The van der Waals surface area contributed by atoms with Gasteiger partial charge in [-0.3, -0.25) is 4.79 Å². The van der Waals surface area contributed by atoms with Crippen molar-refractivity contribution < 1.29 is 22.9 Å². The van der Waals surface area contributed by atoms with Crippen molar-refractivity contribution in [2.75, 3.05) is 20.2 Å². The molecule has 1 aromatic carbocycles. The fourth-order valence-electron chi connectivity index (χ4n) is 3.31. The van der Waals surface area contributed by atoms with Gasteiger partial charge in [0.1, 0.15) is 13.3 Å². The molecule has 0 N–H and O–H groups in total. The molecule has 1 aliphatic rings. The molecule has 2 unspecified atom stereocenters. The number of rotatable bonds is 6. The summed E-state index contributed by atoms with van der Waals surface area (Å²) in [6, 6.07) is 6.23. The molecule has 10 heteroatoms. The van der Waals surface area contributed by atoms with Crippen LogP contribution in [0, 0.1) is 18.0 Å². The molecular weight excluding hydrogens is 372 g/mol. The molecule has 0 aromatic heterocycles. The number of amides is 1. The zero-order chi connectivity index (χ0) is 20.4. The van der Waals surface area contributed by atoms with Gasteiger partial charge in [0.25, 0.3) is 12.5 Å². The Kier molecular flexibility index (Phi) is 6.42. The first-order valence-corrected chi connectivity index (χ1v) is 10.1. The molecule has 1 saturated heterocycles. The monoisotopic (exact) mass is 398 g/mol. The number of carbonyl (C=O) groups is 1. The fraction of sp³-hybridized carbons (Fsp3) is 0.588. The molecule has 0 bridgehead atoms. The summed E-state index contributed by atoms with van der Waals surface area (Å²) in [5, 5.41) is 14.7. The van der Waals surface area contributed by atoms with Gasteiger partial charge in [-0.05, 0) is 36.8 Å². The van der Waals surface area contributed by atoms with Crippen LogP contribution in [0.3, 0.4) is 0 Å². The molecular formula is C17H26N4O5S. The SMILES string of the molecule is CO/N=[N+](\[O-])CC(=O)N1C(C)CN(S(=O)(=O)c2ccc(C)cc2)C1C(C)C. The number of aryl methyl sites for hydroxylation is 1. The largest absolute Gasteiger partial charge is 0.597 e. The maximum Gasteiger partial charge on any atom is 0.293 e. The molecule has 2 atom stereocenters. The van der Waals surface area contributed by atoms with Gasteiger partial charge >= 0.3 is 0 Å². The molecule has 0 spiro atoms. The van der Waals surface area contributed by atoms with Gasteiger partial charge in [0, 0.05) is 12.6 Å². The number of carbonyl (C=O) groups excluding carboxylic acids is 1. The zero-order valence-electron chi connectivity index (χ0n) is 16.2. The minimum atomic E-state index is -3.79. The third kappa shape index (κ3) is 4.38. The average molecular weight is 398 g/mol. The highest BCUT2D eigenvalue weighted by Gasteiger charge is 2.48. The molecule has 1 aromatic rings. The Bertz CT molecular complexity index is 807. The zero-order valence-corrected chi connectivity index (χ0v) is 17.0. The predicted molar refractivity (Wildman–Crippen MR) is 97.9 cm³/mol. The smallest absolute Gasteiger partial charge is 0.293 e. The lowest BCUT2D eigenvalue weighted by molar-refractivity contribution is -0.547. The molecule has 1 fully saturated rings. The highest BCUT2D eigenvalue weighted by Crippen LogP contribution is 2.32. The van der Waals surface area contributed by atoms with Crippen molar-refractivity contribution in [2.45, 2.75) is 44.8 Å². The van der Waals surface area contributed by atoms with E-state index in [1.165, 1.54) is 16.3 Å². The average Bonchev–Trinajstić information content (AvgIpc) is 2.94. The van der Waals surface area contributed by atoms with E-state index in [1.54, 1.807) is 31.2 Å².